The van der Waals surface area contributed by atoms with Gasteiger partial charge in [-0.3, -0.25) is 0 Å². The summed E-state index contributed by atoms with van der Waals surface area (Å²) < 4.78 is 33.9. The van der Waals surface area contributed by atoms with Crippen LogP contribution in [0.15, 0.2) is 46.0 Å². The Bertz CT molecular complexity index is 841. The van der Waals surface area contributed by atoms with Crippen molar-refractivity contribution in [2.24, 2.45) is 0 Å². The van der Waals surface area contributed by atoms with Crippen LogP contribution in [0.1, 0.15) is 18.4 Å². The van der Waals surface area contributed by atoms with E-state index >= 15 is 0 Å². The molecular weight excluding hydrogens is 356 g/mol. The number of hydrogen-bond donors (Lipinski definition) is 0. The third-order valence-corrected chi connectivity index (χ3v) is 8.50. The Morgan fingerprint density at radius 1 is 1.08 bits per heavy atom. The van der Waals surface area contributed by atoms with Crippen LogP contribution in [-0.4, -0.2) is 46.0 Å². The molecule has 2 aliphatic rings. The molecule has 5 nitrogen and oxygen atoms in total. The van der Waals surface area contributed by atoms with E-state index < -0.39 is 10.0 Å². The molecule has 1 fully saturated rings. The van der Waals surface area contributed by atoms with Crippen molar-refractivity contribution in [1.82, 2.24) is 4.31 Å². The van der Waals surface area contributed by atoms with Gasteiger partial charge in [0, 0.05) is 37.9 Å². The molecule has 134 valence electrons. The van der Waals surface area contributed by atoms with Crippen molar-refractivity contribution in [3.05, 3.63) is 47.3 Å². The van der Waals surface area contributed by atoms with Crippen molar-refractivity contribution in [3.8, 4) is 0 Å². The van der Waals surface area contributed by atoms with E-state index in [4.69, 9.17) is 4.74 Å². The maximum absolute atomic E-state index is 12.8. The second-order valence-corrected chi connectivity index (χ2v) is 9.73. The van der Waals surface area contributed by atoms with Crippen LogP contribution in [0, 0.1) is 0 Å². The number of thiophene rings is 1. The summed E-state index contributed by atoms with van der Waals surface area (Å²) in [5.41, 5.74) is 1.99. The van der Waals surface area contributed by atoms with Gasteiger partial charge >= 0.3 is 0 Å². The second kappa shape index (κ2) is 6.39. The molecule has 7 heteroatoms. The van der Waals surface area contributed by atoms with Crippen LogP contribution in [0.5, 0.6) is 0 Å². The van der Waals surface area contributed by atoms with E-state index in [0.717, 1.165) is 6.54 Å². The molecule has 0 unspecified atom stereocenters. The summed E-state index contributed by atoms with van der Waals surface area (Å²) in [6.07, 6.45) is 1.37. The van der Waals surface area contributed by atoms with Gasteiger partial charge in [0.1, 0.15) is 4.21 Å². The number of para-hydroxylation sites is 1. The number of hydrogen-bond acceptors (Lipinski definition) is 5. The third kappa shape index (κ3) is 2.89. The number of piperidine rings is 1. The topological polar surface area (TPSA) is 49.9 Å². The lowest BCUT2D eigenvalue weighted by Crippen LogP contribution is -2.46. The Morgan fingerprint density at radius 2 is 1.84 bits per heavy atom. The highest BCUT2D eigenvalue weighted by Crippen LogP contribution is 2.43. The van der Waals surface area contributed by atoms with Gasteiger partial charge in [0.25, 0.3) is 10.0 Å². The molecule has 0 radical (unpaired) electrons. The van der Waals surface area contributed by atoms with Gasteiger partial charge in [0.15, 0.2) is 0 Å². The molecule has 0 saturated carbocycles. The van der Waals surface area contributed by atoms with Crippen LogP contribution >= 0.6 is 11.3 Å². The fourth-order valence-electron chi connectivity index (χ4n) is 3.81. The third-order valence-electron chi connectivity index (χ3n) is 5.23. The van der Waals surface area contributed by atoms with Crippen LogP contribution in [0.25, 0.3) is 0 Å². The normalized spacial score (nSPS) is 21.1. The van der Waals surface area contributed by atoms with Crippen LogP contribution in [0.2, 0.25) is 0 Å². The minimum Gasteiger partial charge on any atom is -0.372 e. The van der Waals surface area contributed by atoms with E-state index in [1.165, 1.54) is 22.6 Å². The molecule has 0 atom stereocenters. The maximum atomic E-state index is 12.8. The lowest BCUT2D eigenvalue weighted by Gasteiger charge is -2.41. The quantitative estimate of drug-likeness (QED) is 0.806. The molecule has 1 spiro atoms. The van der Waals surface area contributed by atoms with Gasteiger partial charge < -0.3 is 9.64 Å². The van der Waals surface area contributed by atoms with Gasteiger partial charge in [0.05, 0.1) is 12.2 Å². The Hall–Kier alpha value is -1.41. The molecule has 2 aromatic rings. The molecule has 25 heavy (non-hydrogen) atoms. The SMILES string of the molecule is CN1CCOC2(CCN(S(=O)(=O)c3cccs3)CC2)c2ccccc21. The fourth-order valence-corrected chi connectivity index (χ4v) is 6.39. The largest absolute Gasteiger partial charge is 0.372 e. The van der Waals surface area contributed by atoms with E-state index in [-0.39, 0.29) is 5.60 Å². The van der Waals surface area contributed by atoms with E-state index in [9.17, 15) is 8.42 Å². The monoisotopic (exact) mass is 378 g/mol. The van der Waals surface area contributed by atoms with Gasteiger partial charge in [0.2, 0.25) is 0 Å². The highest BCUT2D eigenvalue weighted by atomic mass is 32.2. The zero-order valence-electron chi connectivity index (χ0n) is 14.2. The van der Waals surface area contributed by atoms with Crippen LogP contribution in [-0.2, 0) is 20.4 Å². The first kappa shape index (κ1) is 17.0. The van der Waals surface area contributed by atoms with Gasteiger partial charge in [-0.05, 0) is 30.4 Å². The van der Waals surface area contributed by atoms with Crippen LogP contribution in [0.3, 0.4) is 0 Å². The number of sulfonamides is 1. The standard InChI is InChI=1S/C18H22N2O3S2/c1-19-12-13-23-18(15-5-2-3-6-16(15)19)8-10-20(11-9-18)25(21,22)17-7-4-14-24-17/h2-7,14H,8-13H2,1H3. The van der Waals surface area contributed by atoms with E-state index in [1.807, 2.05) is 12.1 Å². The predicted molar refractivity (Wildman–Crippen MR) is 99.7 cm³/mol. The van der Waals surface area contributed by atoms with Crippen molar-refractivity contribution in [2.45, 2.75) is 22.7 Å². The second-order valence-electron chi connectivity index (χ2n) is 6.62. The number of nitrogens with zero attached hydrogens (tertiary/aromatic N) is 2. The van der Waals surface area contributed by atoms with Crippen molar-refractivity contribution in [3.63, 3.8) is 0 Å². The maximum Gasteiger partial charge on any atom is 0.252 e. The summed E-state index contributed by atoms with van der Waals surface area (Å²) in [6, 6.07) is 11.8. The zero-order chi connectivity index (χ0) is 17.5. The molecule has 3 heterocycles. The average Bonchev–Trinajstić information content (AvgIpc) is 3.14. The Morgan fingerprint density at radius 3 is 2.56 bits per heavy atom. The molecule has 0 amide bonds. The molecular formula is C18H22N2O3S2. The first-order valence-electron chi connectivity index (χ1n) is 8.51. The van der Waals surface area contributed by atoms with E-state index in [2.05, 4.69) is 24.1 Å². The lowest BCUT2D eigenvalue weighted by atomic mass is 9.83. The highest BCUT2D eigenvalue weighted by Gasteiger charge is 2.43. The van der Waals surface area contributed by atoms with E-state index in [0.29, 0.717) is 36.7 Å². The molecule has 1 saturated heterocycles. The number of rotatable bonds is 2. The number of ether oxygens (including phenoxy) is 1. The molecule has 1 aromatic heterocycles. The summed E-state index contributed by atoms with van der Waals surface area (Å²) in [6.45, 7) is 2.47. The lowest BCUT2D eigenvalue weighted by molar-refractivity contribution is -0.0740. The van der Waals surface area contributed by atoms with Gasteiger partial charge in [-0.1, -0.05) is 24.3 Å². The molecule has 1 aromatic carbocycles. The predicted octanol–water partition coefficient (Wildman–Crippen LogP) is 2.89. The number of benzene rings is 1. The number of likely N-dealkylation sites (N-methyl/N-ethyl adjacent to an activating group) is 1. The average molecular weight is 379 g/mol. The minimum absolute atomic E-state index is 0.386. The van der Waals surface area contributed by atoms with Gasteiger partial charge in [-0.15, -0.1) is 11.3 Å². The molecule has 0 aliphatic carbocycles. The van der Waals surface area contributed by atoms with Crippen molar-refractivity contribution in [1.29, 1.82) is 0 Å². The van der Waals surface area contributed by atoms with Crippen molar-refractivity contribution >= 4 is 27.0 Å². The summed E-state index contributed by atoms with van der Waals surface area (Å²) in [7, 11) is -1.30. The highest BCUT2D eigenvalue weighted by molar-refractivity contribution is 7.91. The zero-order valence-corrected chi connectivity index (χ0v) is 15.9. The van der Waals surface area contributed by atoms with Crippen molar-refractivity contribution in [2.75, 3.05) is 38.2 Å². The molecule has 0 bridgehead atoms. The van der Waals surface area contributed by atoms with E-state index in [1.54, 1.807) is 21.8 Å². The summed E-state index contributed by atoms with van der Waals surface area (Å²) in [5.74, 6) is 0. The van der Waals surface area contributed by atoms with Crippen LogP contribution < -0.4 is 4.90 Å². The van der Waals surface area contributed by atoms with Gasteiger partial charge in [-0.2, -0.15) is 4.31 Å². The first-order valence-corrected chi connectivity index (χ1v) is 10.8. The Kier molecular flexibility index (Phi) is 4.35. The first-order chi connectivity index (χ1) is 12.0. The van der Waals surface area contributed by atoms with Crippen LogP contribution in [0.4, 0.5) is 5.69 Å². The fraction of sp³-hybridized carbons (Fsp3) is 0.444. The van der Waals surface area contributed by atoms with Crippen molar-refractivity contribution < 1.29 is 13.2 Å². The summed E-state index contributed by atoms with van der Waals surface area (Å²) in [5, 5.41) is 1.80. The summed E-state index contributed by atoms with van der Waals surface area (Å²) in [4.78, 5) is 2.22. The molecule has 2 aliphatic heterocycles. The molecule has 0 N–H and O–H groups in total. The number of fused-ring (bicyclic) bond motifs is 2. The Labute approximate surface area is 152 Å². The summed E-state index contributed by atoms with van der Waals surface area (Å²) >= 11 is 1.28. The Balaban J connectivity index is 1.62. The molecule has 4 rings (SSSR count). The van der Waals surface area contributed by atoms with Gasteiger partial charge in [-0.25, -0.2) is 8.42 Å². The number of anilines is 1. The smallest absolute Gasteiger partial charge is 0.252 e. The minimum atomic E-state index is -3.39.